The molecule has 6 nitrogen and oxygen atoms in total. The topological polar surface area (TPSA) is 68.2 Å². The highest BCUT2D eigenvalue weighted by molar-refractivity contribution is 6.06. The predicted molar refractivity (Wildman–Crippen MR) is 228 cm³/mol. The van der Waals surface area contributed by atoms with Gasteiger partial charge < -0.3 is 13.7 Å². The molecule has 0 amide bonds. The molecule has 4 heterocycles. The molecule has 0 radical (unpaired) electrons. The first-order valence-corrected chi connectivity index (χ1v) is 19.3. The van der Waals surface area contributed by atoms with E-state index >= 15 is 0 Å². The second-order valence-electron chi connectivity index (χ2n) is 14.7. The van der Waals surface area contributed by atoms with E-state index in [1.54, 1.807) is 0 Å². The Morgan fingerprint density at radius 2 is 1.14 bits per heavy atom. The predicted octanol–water partition coefficient (Wildman–Crippen LogP) is 12.9. The molecule has 2 unspecified atom stereocenters. The van der Waals surface area contributed by atoms with Gasteiger partial charge in [-0.15, -0.1) is 0 Å². The van der Waals surface area contributed by atoms with E-state index in [-0.39, 0.29) is 12.0 Å². The van der Waals surface area contributed by atoms with Gasteiger partial charge in [0.05, 0.1) is 11.6 Å². The van der Waals surface area contributed by atoms with Gasteiger partial charge in [0, 0.05) is 50.1 Å². The molecule has 57 heavy (non-hydrogen) atoms. The van der Waals surface area contributed by atoms with Crippen molar-refractivity contribution in [2.24, 2.45) is 0 Å². The van der Waals surface area contributed by atoms with E-state index in [1.807, 2.05) is 36.4 Å². The van der Waals surface area contributed by atoms with E-state index < -0.39 is 0 Å². The third kappa shape index (κ3) is 5.00. The summed E-state index contributed by atoms with van der Waals surface area (Å²) in [6, 6.07) is 58.9. The molecule has 268 valence electrons. The van der Waals surface area contributed by atoms with Crippen LogP contribution in [0.25, 0.3) is 84.3 Å². The lowest BCUT2D eigenvalue weighted by atomic mass is 9.82. The number of benzene rings is 7. The molecule has 3 aromatic heterocycles. The zero-order chi connectivity index (χ0) is 37.5. The lowest BCUT2D eigenvalue weighted by molar-refractivity contribution is 0.584. The molecule has 2 atom stereocenters. The fourth-order valence-electron chi connectivity index (χ4n) is 8.94. The van der Waals surface area contributed by atoms with Crippen molar-refractivity contribution in [3.63, 3.8) is 0 Å². The van der Waals surface area contributed by atoms with E-state index in [4.69, 9.17) is 23.8 Å². The van der Waals surface area contributed by atoms with Gasteiger partial charge in [-0.05, 0) is 77.4 Å². The van der Waals surface area contributed by atoms with Crippen molar-refractivity contribution in [1.82, 2.24) is 15.0 Å². The van der Waals surface area contributed by atoms with Gasteiger partial charge in [-0.1, -0.05) is 121 Å². The number of furan rings is 2. The SMILES string of the molecule is C1=CC2C(c3ccccc3N2c2ccccc2)c2c1oc1c(-c3nc(-c4cccc(-c5ccccc5)c4)nc(-c4ccc5oc6ccccc6c5c4)n3)cccc21. The lowest BCUT2D eigenvalue weighted by Gasteiger charge is -2.30. The van der Waals surface area contributed by atoms with Crippen LogP contribution in [0.4, 0.5) is 11.4 Å². The van der Waals surface area contributed by atoms with Crippen molar-refractivity contribution in [3.8, 4) is 45.3 Å². The smallest absolute Gasteiger partial charge is 0.167 e. The Labute approximate surface area is 328 Å². The van der Waals surface area contributed by atoms with Crippen LogP contribution in [0.1, 0.15) is 22.8 Å². The number of anilines is 2. The van der Waals surface area contributed by atoms with Crippen LogP contribution in [0.3, 0.4) is 0 Å². The summed E-state index contributed by atoms with van der Waals surface area (Å²) in [4.78, 5) is 18.1. The highest BCUT2D eigenvalue weighted by Crippen LogP contribution is 2.54. The zero-order valence-corrected chi connectivity index (χ0v) is 30.6. The summed E-state index contributed by atoms with van der Waals surface area (Å²) in [5.74, 6) is 2.66. The van der Waals surface area contributed by atoms with E-state index in [0.717, 1.165) is 66.5 Å². The number of aromatic nitrogens is 3. The molecule has 12 rings (SSSR count). The van der Waals surface area contributed by atoms with Crippen LogP contribution in [-0.2, 0) is 0 Å². The largest absolute Gasteiger partial charge is 0.456 e. The van der Waals surface area contributed by atoms with E-state index in [9.17, 15) is 0 Å². The van der Waals surface area contributed by atoms with Crippen LogP contribution in [0, 0.1) is 0 Å². The molecule has 0 bridgehead atoms. The molecule has 7 aromatic carbocycles. The minimum absolute atomic E-state index is 0.0830. The summed E-state index contributed by atoms with van der Waals surface area (Å²) in [7, 11) is 0. The summed E-state index contributed by atoms with van der Waals surface area (Å²) >= 11 is 0. The third-order valence-corrected chi connectivity index (χ3v) is 11.5. The average Bonchev–Trinajstić information content (AvgIpc) is 3.96. The highest BCUT2D eigenvalue weighted by Gasteiger charge is 2.43. The maximum Gasteiger partial charge on any atom is 0.167 e. The number of hydrogen-bond acceptors (Lipinski definition) is 6. The number of rotatable bonds is 5. The molecule has 1 aliphatic heterocycles. The van der Waals surface area contributed by atoms with Crippen LogP contribution in [-0.4, -0.2) is 21.0 Å². The Morgan fingerprint density at radius 3 is 2.02 bits per heavy atom. The first-order valence-electron chi connectivity index (χ1n) is 19.3. The Morgan fingerprint density at radius 1 is 0.474 bits per heavy atom. The molecule has 0 fully saturated rings. The van der Waals surface area contributed by atoms with Gasteiger partial charge in [0.25, 0.3) is 0 Å². The van der Waals surface area contributed by atoms with Crippen molar-refractivity contribution in [1.29, 1.82) is 0 Å². The molecular formula is C51H32N4O2. The van der Waals surface area contributed by atoms with E-state index in [2.05, 4.69) is 151 Å². The summed E-state index contributed by atoms with van der Waals surface area (Å²) in [5, 5.41) is 3.13. The van der Waals surface area contributed by atoms with Gasteiger partial charge in [-0.2, -0.15) is 0 Å². The fourth-order valence-corrected chi connectivity index (χ4v) is 8.94. The van der Waals surface area contributed by atoms with Crippen LogP contribution < -0.4 is 4.90 Å². The van der Waals surface area contributed by atoms with Gasteiger partial charge in [0.15, 0.2) is 17.5 Å². The van der Waals surface area contributed by atoms with Crippen molar-refractivity contribution in [2.75, 3.05) is 4.90 Å². The highest BCUT2D eigenvalue weighted by atomic mass is 16.3. The van der Waals surface area contributed by atoms with Gasteiger partial charge in [0.2, 0.25) is 0 Å². The summed E-state index contributed by atoms with van der Waals surface area (Å²) < 4.78 is 13.1. The summed E-state index contributed by atoms with van der Waals surface area (Å²) in [5.41, 5.74) is 12.1. The van der Waals surface area contributed by atoms with E-state index in [1.165, 1.54) is 22.5 Å². The number of para-hydroxylation sites is 4. The summed E-state index contributed by atoms with van der Waals surface area (Å²) in [6.07, 6.45) is 4.43. The number of fused-ring (bicyclic) bond motifs is 10. The van der Waals surface area contributed by atoms with Crippen molar-refractivity contribution in [3.05, 3.63) is 193 Å². The molecule has 2 aliphatic rings. The molecule has 1 aliphatic carbocycles. The van der Waals surface area contributed by atoms with Crippen molar-refractivity contribution >= 4 is 50.4 Å². The first-order chi connectivity index (χ1) is 28.2. The zero-order valence-electron chi connectivity index (χ0n) is 30.6. The second-order valence-corrected chi connectivity index (χ2v) is 14.7. The minimum Gasteiger partial charge on any atom is -0.456 e. The molecule has 10 aromatic rings. The Balaban J connectivity index is 1.05. The quantitative estimate of drug-likeness (QED) is 0.175. The Hall–Kier alpha value is -7.57. The van der Waals surface area contributed by atoms with E-state index in [0.29, 0.717) is 17.5 Å². The minimum atomic E-state index is 0.0830. The first kappa shape index (κ1) is 31.7. The van der Waals surface area contributed by atoms with Gasteiger partial charge in [0.1, 0.15) is 22.5 Å². The molecule has 6 heteroatoms. The Bertz CT molecular complexity index is 3220. The van der Waals surface area contributed by atoms with Gasteiger partial charge in [-0.25, -0.2) is 15.0 Å². The van der Waals surface area contributed by atoms with Crippen LogP contribution >= 0.6 is 0 Å². The van der Waals surface area contributed by atoms with Gasteiger partial charge >= 0.3 is 0 Å². The summed E-state index contributed by atoms with van der Waals surface area (Å²) in [6.45, 7) is 0. The standard InChI is InChI=1S/C51H32N4O2/c1-3-13-31(14-4-1)32-15-11-16-33(29-32)49-52-50(34-25-27-44-40(30-34)36-19-8-10-24-43(36)56-44)54-51(53-49)39-22-12-21-38-47-45(57-48(38)39)28-26-42-46(47)37-20-7-9-23-41(37)55(42)35-17-5-2-6-18-35/h1-30,42,46H. The molecule has 0 N–H and O–H groups in total. The molecule has 0 saturated carbocycles. The van der Waals surface area contributed by atoms with Crippen molar-refractivity contribution < 1.29 is 8.83 Å². The molecule has 0 saturated heterocycles. The Kier molecular flexibility index (Phi) is 6.95. The molecule has 0 spiro atoms. The number of nitrogens with zero attached hydrogens (tertiary/aromatic N) is 4. The van der Waals surface area contributed by atoms with Gasteiger partial charge in [-0.3, -0.25) is 0 Å². The lowest BCUT2D eigenvalue weighted by Crippen LogP contribution is -2.30. The molecular weight excluding hydrogens is 701 g/mol. The fraction of sp³-hybridized carbons (Fsp3) is 0.0392. The van der Waals surface area contributed by atoms with Crippen LogP contribution in [0.15, 0.2) is 185 Å². The monoisotopic (exact) mass is 732 g/mol. The average molecular weight is 733 g/mol. The maximum atomic E-state index is 6.89. The third-order valence-electron chi connectivity index (χ3n) is 11.5. The maximum absolute atomic E-state index is 6.89. The van der Waals surface area contributed by atoms with Crippen LogP contribution in [0.5, 0.6) is 0 Å². The second kappa shape index (κ2) is 12.5. The normalized spacial score (nSPS) is 15.6. The number of hydrogen-bond donors (Lipinski definition) is 0. The van der Waals surface area contributed by atoms with Crippen molar-refractivity contribution in [2.45, 2.75) is 12.0 Å². The van der Waals surface area contributed by atoms with Crippen LogP contribution in [0.2, 0.25) is 0 Å².